The molecule has 2 aliphatic rings. The predicted octanol–water partition coefficient (Wildman–Crippen LogP) is -0.0973. The van der Waals surface area contributed by atoms with E-state index in [4.69, 9.17) is 9.84 Å². The van der Waals surface area contributed by atoms with Gasteiger partial charge in [-0.15, -0.1) is 0 Å². The first-order valence-electron chi connectivity index (χ1n) is 6.34. The molecule has 1 N–H and O–H groups in total. The maximum Gasteiger partial charge on any atom is 0.309 e. The molecule has 2 saturated heterocycles. The number of fused-ring (bicyclic) bond motifs is 1. The number of hydrogen-bond donors (Lipinski definition) is 1. The second-order valence-electron chi connectivity index (χ2n) is 5.22. The van der Waals surface area contributed by atoms with Gasteiger partial charge in [-0.25, -0.2) is 13.4 Å². The fourth-order valence-corrected chi connectivity index (χ4v) is 4.82. The van der Waals surface area contributed by atoms with E-state index in [0.29, 0.717) is 4.60 Å². The first-order chi connectivity index (χ1) is 9.82. The second kappa shape index (κ2) is 5.04. The largest absolute Gasteiger partial charge is 0.481 e. The molecule has 0 amide bonds. The highest BCUT2D eigenvalue weighted by Crippen LogP contribution is 2.36. The van der Waals surface area contributed by atoms with Gasteiger partial charge in [0.15, 0.2) is 0 Å². The molecule has 3 atom stereocenters. The van der Waals surface area contributed by atoms with E-state index in [-0.39, 0.29) is 36.9 Å². The van der Waals surface area contributed by atoms with Crippen LogP contribution in [-0.4, -0.2) is 59.2 Å². The van der Waals surface area contributed by atoms with Crippen molar-refractivity contribution in [3.05, 3.63) is 10.8 Å². The van der Waals surface area contributed by atoms with E-state index in [1.54, 1.807) is 7.05 Å². The molecule has 2 aliphatic heterocycles. The summed E-state index contributed by atoms with van der Waals surface area (Å²) in [4.78, 5) is 15.1. The summed E-state index contributed by atoms with van der Waals surface area (Å²) in [5, 5.41) is 9.07. The number of aromatic nitrogens is 2. The molecule has 0 radical (unpaired) electrons. The number of hydrogen-bond acceptors (Lipinski definition) is 5. The smallest absolute Gasteiger partial charge is 0.309 e. The molecule has 0 saturated carbocycles. The van der Waals surface area contributed by atoms with E-state index in [2.05, 4.69) is 20.9 Å². The van der Waals surface area contributed by atoms with Crippen molar-refractivity contribution in [1.82, 2.24) is 13.9 Å². The number of carboxylic acid groups (broad SMARTS) is 1. The van der Waals surface area contributed by atoms with Crippen molar-refractivity contribution in [2.24, 2.45) is 18.9 Å². The first kappa shape index (κ1) is 14.9. The lowest BCUT2D eigenvalue weighted by Gasteiger charge is -2.17. The molecular formula is C11H14BrN3O5S. The molecule has 0 unspecified atom stereocenters. The van der Waals surface area contributed by atoms with Crippen LogP contribution in [0.15, 0.2) is 16.0 Å². The molecule has 2 fully saturated rings. The molecule has 0 aromatic carbocycles. The Kier molecular flexibility index (Phi) is 3.59. The van der Waals surface area contributed by atoms with Crippen molar-refractivity contribution in [3.63, 3.8) is 0 Å². The Hall–Kier alpha value is -0.970. The molecule has 10 heteroatoms. The molecule has 3 rings (SSSR count). The van der Waals surface area contributed by atoms with Crippen LogP contribution in [-0.2, 0) is 26.6 Å². The molecule has 21 heavy (non-hydrogen) atoms. The third-order valence-electron chi connectivity index (χ3n) is 4.06. The fourth-order valence-electron chi connectivity index (χ4n) is 2.86. The number of sulfonamides is 1. The highest BCUT2D eigenvalue weighted by atomic mass is 79.9. The Morgan fingerprint density at radius 1 is 1.52 bits per heavy atom. The molecule has 0 aliphatic carbocycles. The lowest BCUT2D eigenvalue weighted by Crippen LogP contribution is -2.33. The number of halogens is 1. The molecule has 0 bridgehead atoms. The zero-order valence-electron chi connectivity index (χ0n) is 11.1. The summed E-state index contributed by atoms with van der Waals surface area (Å²) >= 11 is 3.21. The summed E-state index contributed by atoms with van der Waals surface area (Å²) in [6.07, 6.45) is 1.06. The minimum absolute atomic E-state index is 0.0683. The summed E-state index contributed by atoms with van der Waals surface area (Å²) in [5.41, 5.74) is 0. The lowest BCUT2D eigenvalue weighted by molar-refractivity contribution is -0.142. The number of imidazole rings is 1. The number of rotatable bonds is 3. The SMILES string of the molecule is Cn1c(Br)cnc1S(=O)(=O)N1C[C@@H]2[C@H](C1)OC[C@@H]2C(=O)O. The number of ether oxygens (including phenoxy) is 1. The molecule has 3 heterocycles. The van der Waals surface area contributed by atoms with Crippen LogP contribution in [0.2, 0.25) is 0 Å². The number of carboxylic acids is 1. The van der Waals surface area contributed by atoms with Crippen LogP contribution in [0.1, 0.15) is 0 Å². The standard InChI is InChI=1S/C11H14BrN3O5S/c1-14-9(12)2-13-11(14)21(18,19)15-3-6-7(10(16)17)5-20-8(6)4-15/h2,6-8H,3-5H2,1H3,(H,16,17)/t6-,7-,8-/m0/s1. The Balaban J connectivity index is 1.86. The van der Waals surface area contributed by atoms with Crippen LogP contribution in [0.25, 0.3) is 0 Å². The molecule has 8 nitrogen and oxygen atoms in total. The van der Waals surface area contributed by atoms with E-state index in [1.165, 1.54) is 15.1 Å². The number of aliphatic carboxylic acids is 1. The Labute approximate surface area is 129 Å². The topological polar surface area (TPSA) is 102 Å². The molecule has 1 aromatic rings. The van der Waals surface area contributed by atoms with Gasteiger partial charge in [0.2, 0.25) is 5.16 Å². The quantitative estimate of drug-likeness (QED) is 0.786. The van der Waals surface area contributed by atoms with Crippen LogP contribution in [0.4, 0.5) is 0 Å². The number of carbonyl (C=O) groups is 1. The van der Waals surface area contributed by atoms with Crippen LogP contribution in [0.3, 0.4) is 0 Å². The van der Waals surface area contributed by atoms with Gasteiger partial charge in [-0.1, -0.05) is 0 Å². The molecule has 116 valence electrons. The van der Waals surface area contributed by atoms with Gasteiger partial charge in [-0.3, -0.25) is 4.79 Å². The predicted molar refractivity (Wildman–Crippen MR) is 74.0 cm³/mol. The van der Waals surface area contributed by atoms with Crippen molar-refractivity contribution < 1.29 is 23.1 Å². The summed E-state index contributed by atoms with van der Waals surface area (Å²) in [5.74, 6) is -1.90. The second-order valence-corrected chi connectivity index (χ2v) is 7.87. The van der Waals surface area contributed by atoms with Gasteiger partial charge in [0.25, 0.3) is 10.0 Å². The van der Waals surface area contributed by atoms with Crippen molar-refractivity contribution in [2.45, 2.75) is 11.3 Å². The third kappa shape index (κ3) is 2.30. The monoisotopic (exact) mass is 379 g/mol. The summed E-state index contributed by atoms with van der Waals surface area (Å²) < 4.78 is 33.9. The van der Waals surface area contributed by atoms with Gasteiger partial charge in [-0.05, 0) is 15.9 Å². The Morgan fingerprint density at radius 2 is 2.24 bits per heavy atom. The van der Waals surface area contributed by atoms with Crippen molar-refractivity contribution in [3.8, 4) is 0 Å². The van der Waals surface area contributed by atoms with Gasteiger partial charge in [-0.2, -0.15) is 4.31 Å². The average Bonchev–Trinajstić information content (AvgIpc) is 3.04. The van der Waals surface area contributed by atoms with Gasteiger partial charge in [0, 0.05) is 26.1 Å². The van der Waals surface area contributed by atoms with E-state index < -0.39 is 21.9 Å². The normalized spacial score (nSPS) is 29.7. The van der Waals surface area contributed by atoms with Gasteiger partial charge in [0.1, 0.15) is 4.60 Å². The molecular weight excluding hydrogens is 366 g/mol. The zero-order chi connectivity index (χ0) is 15.4. The highest BCUT2D eigenvalue weighted by molar-refractivity contribution is 9.10. The fraction of sp³-hybridized carbons (Fsp3) is 0.636. The zero-order valence-corrected chi connectivity index (χ0v) is 13.5. The van der Waals surface area contributed by atoms with E-state index in [0.717, 1.165) is 0 Å². The van der Waals surface area contributed by atoms with Crippen LogP contribution >= 0.6 is 15.9 Å². The van der Waals surface area contributed by atoms with Crippen LogP contribution in [0.5, 0.6) is 0 Å². The summed E-state index contributed by atoms with van der Waals surface area (Å²) in [6, 6.07) is 0. The third-order valence-corrected chi connectivity index (χ3v) is 6.61. The van der Waals surface area contributed by atoms with E-state index in [9.17, 15) is 13.2 Å². The van der Waals surface area contributed by atoms with Gasteiger partial charge in [0.05, 0.1) is 24.8 Å². The first-order valence-corrected chi connectivity index (χ1v) is 8.57. The van der Waals surface area contributed by atoms with Crippen LogP contribution in [0, 0.1) is 11.8 Å². The van der Waals surface area contributed by atoms with Crippen LogP contribution < -0.4 is 0 Å². The maximum atomic E-state index is 12.6. The number of nitrogens with zero attached hydrogens (tertiary/aromatic N) is 3. The van der Waals surface area contributed by atoms with Crippen molar-refractivity contribution in [2.75, 3.05) is 19.7 Å². The molecule has 0 spiro atoms. The summed E-state index contributed by atoms with van der Waals surface area (Å²) in [6.45, 7) is 0.461. The minimum Gasteiger partial charge on any atom is -0.481 e. The van der Waals surface area contributed by atoms with E-state index >= 15 is 0 Å². The Morgan fingerprint density at radius 3 is 2.81 bits per heavy atom. The Bertz CT molecular complexity index is 688. The van der Waals surface area contributed by atoms with E-state index in [1.807, 2.05) is 0 Å². The highest BCUT2D eigenvalue weighted by Gasteiger charge is 2.50. The maximum absolute atomic E-state index is 12.6. The van der Waals surface area contributed by atoms with Crippen molar-refractivity contribution >= 4 is 31.9 Å². The minimum atomic E-state index is -3.76. The lowest BCUT2D eigenvalue weighted by atomic mass is 9.94. The average molecular weight is 380 g/mol. The summed E-state index contributed by atoms with van der Waals surface area (Å²) in [7, 11) is -2.16. The van der Waals surface area contributed by atoms with Gasteiger partial charge >= 0.3 is 5.97 Å². The van der Waals surface area contributed by atoms with Crippen molar-refractivity contribution in [1.29, 1.82) is 0 Å². The molecule has 1 aromatic heterocycles. The van der Waals surface area contributed by atoms with Gasteiger partial charge < -0.3 is 14.4 Å².